The van der Waals surface area contributed by atoms with Gasteiger partial charge in [0.05, 0.1) is 12.9 Å². The van der Waals surface area contributed by atoms with Crippen LogP contribution in [0.3, 0.4) is 0 Å². The molecule has 0 saturated carbocycles. The molecule has 4 rings (SSSR count). The number of aromatic nitrogens is 5. The summed E-state index contributed by atoms with van der Waals surface area (Å²) < 4.78 is 2.17. The van der Waals surface area contributed by atoms with Crippen molar-refractivity contribution in [2.75, 3.05) is 26.2 Å². The number of carbonyl (C=O) groups is 1. The van der Waals surface area contributed by atoms with Gasteiger partial charge in [0, 0.05) is 31.7 Å². The minimum atomic E-state index is 0.0230. The maximum absolute atomic E-state index is 12.6. The van der Waals surface area contributed by atoms with E-state index >= 15 is 0 Å². The summed E-state index contributed by atoms with van der Waals surface area (Å²) in [6.45, 7) is 6.58. The molecule has 2 aromatic rings. The first-order valence-corrected chi connectivity index (χ1v) is 9.53. The smallest absolute Gasteiger partial charge is 0.274 e. The van der Waals surface area contributed by atoms with E-state index in [4.69, 9.17) is 0 Å². The molecule has 0 radical (unpaired) electrons. The molecule has 0 unspecified atom stereocenters. The summed E-state index contributed by atoms with van der Waals surface area (Å²) in [7, 11) is 2.07. The molecular formula is C18H27N7O. The van der Waals surface area contributed by atoms with Gasteiger partial charge in [0.1, 0.15) is 17.3 Å². The molecule has 8 heteroatoms. The number of hydrogen-bond donors (Lipinski definition) is 1. The standard InChI is InChI=1S/C18H27N7O/c1-13-16(20-12-19-13)18(26)25-9-5-14(6-10-25)17-22-21-15(23(17)2)11-24-7-3-4-8-24/h12,14H,3-11H2,1-2H3,(H,19,20). The van der Waals surface area contributed by atoms with E-state index in [1.807, 2.05) is 11.8 Å². The summed E-state index contributed by atoms with van der Waals surface area (Å²) in [6, 6.07) is 0. The second-order valence-electron chi connectivity index (χ2n) is 7.46. The Hall–Kier alpha value is -2.22. The number of piperidine rings is 1. The van der Waals surface area contributed by atoms with Gasteiger partial charge in [0.15, 0.2) is 0 Å². The molecule has 2 aromatic heterocycles. The van der Waals surface area contributed by atoms with Crippen LogP contribution < -0.4 is 0 Å². The summed E-state index contributed by atoms with van der Waals surface area (Å²) >= 11 is 0. The molecule has 2 aliphatic heterocycles. The Morgan fingerprint density at radius 1 is 1.19 bits per heavy atom. The number of rotatable bonds is 4. The summed E-state index contributed by atoms with van der Waals surface area (Å²) in [5.41, 5.74) is 1.37. The average Bonchev–Trinajstić information content (AvgIpc) is 3.38. The fraction of sp³-hybridized carbons (Fsp3) is 0.667. The van der Waals surface area contributed by atoms with Crippen molar-refractivity contribution >= 4 is 5.91 Å². The Kier molecular flexibility index (Phi) is 4.76. The summed E-state index contributed by atoms with van der Waals surface area (Å²) in [6.07, 6.45) is 5.99. The Morgan fingerprint density at radius 2 is 1.92 bits per heavy atom. The second-order valence-corrected chi connectivity index (χ2v) is 7.46. The molecule has 8 nitrogen and oxygen atoms in total. The molecule has 0 bridgehead atoms. The van der Waals surface area contributed by atoms with E-state index in [1.54, 1.807) is 6.33 Å². The van der Waals surface area contributed by atoms with Crippen molar-refractivity contribution in [2.45, 2.75) is 45.1 Å². The summed E-state index contributed by atoms with van der Waals surface area (Å²) in [5, 5.41) is 8.92. The number of likely N-dealkylation sites (tertiary alicyclic amines) is 2. The molecule has 2 aliphatic rings. The highest BCUT2D eigenvalue weighted by Gasteiger charge is 2.29. The number of nitrogens with zero attached hydrogens (tertiary/aromatic N) is 6. The highest BCUT2D eigenvalue weighted by atomic mass is 16.2. The topological polar surface area (TPSA) is 82.9 Å². The number of aromatic amines is 1. The van der Waals surface area contributed by atoms with E-state index in [1.165, 1.54) is 12.8 Å². The third kappa shape index (κ3) is 3.25. The number of amides is 1. The van der Waals surface area contributed by atoms with Crippen molar-refractivity contribution in [3.63, 3.8) is 0 Å². The van der Waals surface area contributed by atoms with Gasteiger partial charge in [0.2, 0.25) is 0 Å². The van der Waals surface area contributed by atoms with Crippen LogP contribution in [0.15, 0.2) is 6.33 Å². The Labute approximate surface area is 153 Å². The third-order valence-corrected chi connectivity index (χ3v) is 5.74. The van der Waals surface area contributed by atoms with Gasteiger partial charge in [0.25, 0.3) is 5.91 Å². The first-order valence-electron chi connectivity index (χ1n) is 9.53. The molecule has 2 fully saturated rings. The molecule has 140 valence electrons. The van der Waals surface area contributed by atoms with Gasteiger partial charge in [-0.3, -0.25) is 9.69 Å². The maximum Gasteiger partial charge on any atom is 0.274 e. The molecule has 1 N–H and O–H groups in total. The van der Waals surface area contributed by atoms with Crippen molar-refractivity contribution in [1.29, 1.82) is 0 Å². The van der Waals surface area contributed by atoms with Crippen LogP contribution in [0.4, 0.5) is 0 Å². The number of imidazole rings is 1. The van der Waals surface area contributed by atoms with Crippen molar-refractivity contribution in [3.8, 4) is 0 Å². The fourth-order valence-corrected chi connectivity index (χ4v) is 4.07. The lowest BCUT2D eigenvalue weighted by Crippen LogP contribution is -2.38. The molecule has 4 heterocycles. The number of nitrogens with one attached hydrogen (secondary N) is 1. The average molecular weight is 357 g/mol. The van der Waals surface area contributed by atoms with Crippen LogP contribution in [0.25, 0.3) is 0 Å². The monoisotopic (exact) mass is 357 g/mol. The van der Waals surface area contributed by atoms with Gasteiger partial charge in [-0.25, -0.2) is 4.98 Å². The lowest BCUT2D eigenvalue weighted by Gasteiger charge is -2.31. The highest BCUT2D eigenvalue weighted by molar-refractivity contribution is 5.93. The lowest BCUT2D eigenvalue weighted by molar-refractivity contribution is 0.0704. The Bertz CT molecular complexity index is 766. The van der Waals surface area contributed by atoms with Gasteiger partial charge in [-0.05, 0) is 45.7 Å². The van der Waals surface area contributed by atoms with Gasteiger partial charge in [-0.2, -0.15) is 0 Å². The molecule has 26 heavy (non-hydrogen) atoms. The van der Waals surface area contributed by atoms with Crippen molar-refractivity contribution in [2.24, 2.45) is 7.05 Å². The zero-order valence-electron chi connectivity index (χ0n) is 15.6. The van der Waals surface area contributed by atoms with Crippen LogP contribution in [0.5, 0.6) is 0 Å². The third-order valence-electron chi connectivity index (χ3n) is 5.74. The van der Waals surface area contributed by atoms with Gasteiger partial charge in [-0.1, -0.05) is 0 Å². The minimum Gasteiger partial charge on any atom is -0.348 e. The summed E-state index contributed by atoms with van der Waals surface area (Å²) in [4.78, 5) is 24.1. The zero-order chi connectivity index (χ0) is 18.1. The number of aryl methyl sites for hydroxylation is 1. The minimum absolute atomic E-state index is 0.0230. The quantitative estimate of drug-likeness (QED) is 0.896. The molecule has 2 saturated heterocycles. The van der Waals surface area contributed by atoms with Gasteiger partial charge >= 0.3 is 0 Å². The van der Waals surface area contributed by atoms with Crippen molar-refractivity contribution in [3.05, 3.63) is 29.4 Å². The zero-order valence-corrected chi connectivity index (χ0v) is 15.6. The number of hydrogen-bond acceptors (Lipinski definition) is 5. The van der Waals surface area contributed by atoms with Crippen LogP contribution in [-0.2, 0) is 13.6 Å². The molecule has 0 aromatic carbocycles. The van der Waals surface area contributed by atoms with E-state index in [-0.39, 0.29) is 5.91 Å². The first kappa shape index (κ1) is 17.2. The van der Waals surface area contributed by atoms with E-state index in [0.29, 0.717) is 11.6 Å². The fourth-order valence-electron chi connectivity index (χ4n) is 4.07. The van der Waals surface area contributed by atoms with Crippen molar-refractivity contribution in [1.82, 2.24) is 34.5 Å². The van der Waals surface area contributed by atoms with Crippen LogP contribution >= 0.6 is 0 Å². The number of H-pyrrole nitrogens is 1. The van der Waals surface area contributed by atoms with E-state index < -0.39 is 0 Å². The van der Waals surface area contributed by atoms with Crippen LogP contribution in [0.1, 0.15) is 59.4 Å². The maximum atomic E-state index is 12.6. The Morgan fingerprint density at radius 3 is 2.58 bits per heavy atom. The van der Waals surface area contributed by atoms with Crippen molar-refractivity contribution < 1.29 is 4.79 Å². The van der Waals surface area contributed by atoms with E-state index in [9.17, 15) is 4.79 Å². The lowest BCUT2D eigenvalue weighted by atomic mass is 9.95. The number of carbonyl (C=O) groups excluding carboxylic acids is 1. The van der Waals surface area contributed by atoms with Crippen LogP contribution in [0, 0.1) is 6.92 Å². The second kappa shape index (κ2) is 7.19. The largest absolute Gasteiger partial charge is 0.348 e. The molecular weight excluding hydrogens is 330 g/mol. The first-order chi connectivity index (χ1) is 12.6. The predicted octanol–water partition coefficient (Wildman–Crippen LogP) is 1.46. The molecule has 1 amide bonds. The molecule has 0 spiro atoms. The van der Waals surface area contributed by atoms with Crippen LogP contribution in [0.2, 0.25) is 0 Å². The van der Waals surface area contributed by atoms with E-state index in [2.05, 4.69) is 36.7 Å². The van der Waals surface area contributed by atoms with Gasteiger partial charge in [-0.15, -0.1) is 10.2 Å². The highest BCUT2D eigenvalue weighted by Crippen LogP contribution is 2.28. The molecule has 0 aliphatic carbocycles. The van der Waals surface area contributed by atoms with E-state index in [0.717, 1.165) is 62.9 Å². The molecule has 0 atom stereocenters. The van der Waals surface area contributed by atoms with Gasteiger partial charge < -0.3 is 14.5 Å². The predicted molar refractivity (Wildman–Crippen MR) is 96.7 cm³/mol. The van der Waals surface area contributed by atoms with Crippen LogP contribution in [-0.4, -0.2) is 66.6 Å². The summed E-state index contributed by atoms with van der Waals surface area (Å²) in [5.74, 6) is 2.49. The SMILES string of the molecule is Cc1[nH]cnc1C(=O)N1CCC(c2nnc(CN3CCCC3)n2C)CC1. The Balaban J connectivity index is 1.38. The normalized spacial score (nSPS) is 19.4.